The first-order valence-electron chi connectivity index (χ1n) is 13.9. The summed E-state index contributed by atoms with van der Waals surface area (Å²) in [5, 5.41) is 16.4. The number of aryl methyl sites for hydroxylation is 1. The second kappa shape index (κ2) is 12.9. The van der Waals surface area contributed by atoms with Gasteiger partial charge in [-0.2, -0.15) is 0 Å². The van der Waals surface area contributed by atoms with Gasteiger partial charge in [-0.1, -0.05) is 45.0 Å². The Balaban J connectivity index is 1.81. The van der Waals surface area contributed by atoms with Gasteiger partial charge < -0.3 is 30.3 Å². The van der Waals surface area contributed by atoms with Crippen molar-refractivity contribution >= 4 is 29.2 Å². The largest absolute Gasteiger partial charge is 0.444 e. The average Bonchev–Trinajstić information content (AvgIpc) is 3.45. The van der Waals surface area contributed by atoms with Crippen LogP contribution in [0.2, 0.25) is 0 Å². The van der Waals surface area contributed by atoms with Gasteiger partial charge in [0, 0.05) is 19.5 Å². The van der Waals surface area contributed by atoms with E-state index in [0.717, 1.165) is 21.7 Å². The minimum absolute atomic E-state index is 0.000737. The van der Waals surface area contributed by atoms with Gasteiger partial charge in [0.1, 0.15) is 17.7 Å². The minimum Gasteiger partial charge on any atom is -0.444 e. The molecule has 0 aliphatic carbocycles. The summed E-state index contributed by atoms with van der Waals surface area (Å²) in [7, 11) is 3.86. The Labute approximate surface area is 247 Å². The van der Waals surface area contributed by atoms with Gasteiger partial charge in [-0.15, -0.1) is 11.3 Å². The van der Waals surface area contributed by atoms with Gasteiger partial charge in [-0.05, 0) is 58.3 Å². The predicted octanol–water partition coefficient (Wildman–Crippen LogP) is 3.74. The summed E-state index contributed by atoms with van der Waals surface area (Å²) < 4.78 is 5.39. The quantitative estimate of drug-likeness (QED) is 0.430. The number of rotatable bonds is 8. The lowest BCUT2D eigenvalue weighted by atomic mass is 9.85. The normalized spacial score (nSPS) is 19.1. The second-order valence-corrected chi connectivity index (χ2v) is 13.9. The first kappa shape index (κ1) is 32.5. The number of hydrogen-bond acceptors (Lipinski definition) is 8. The SMILES string of the molecule is Cc1ncsc1-c1ccc(C(CN(C)C)NC(=O)[C@@H]2C[C@@H](O)CN2C(=O)[C@@H](NC(=O)OC(C)(C)C)C(C)(C)C)cc1. The first-order valence-corrected chi connectivity index (χ1v) is 14.8. The van der Waals surface area contributed by atoms with Crippen LogP contribution >= 0.6 is 11.3 Å². The number of hydrogen-bond donors (Lipinski definition) is 3. The first-order chi connectivity index (χ1) is 19.0. The Morgan fingerprint density at radius 3 is 2.27 bits per heavy atom. The van der Waals surface area contributed by atoms with Crippen molar-refractivity contribution in [2.45, 2.75) is 84.7 Å². The zero-order valence-electron chi connectivity index (χ0n) is 25.6. The molecule has 226 valence electrons. The van der Waals surface area contributed by atoms with Gasteiger partial charge >= 0.3 is 6.09 Å². The molecule has 1 saturated heterocycles. The summed E-state index contributed by atoms with van der Waals surface area (Å²) in [6.45, 7) is 13.3. The van der Waals surface area contributed by atoms with E-state index in [4.69, 9.17) is 4.74 Å². The number of thiazole rings is 1. The van der Waals surface area contributed by atoms with Crippen LogP contribution in [0.4, 0.5) is 4.79 Å². The molecule has 1 aromatic heterocycles. The number of benzene rings is 1. The third-order valence-corrected chi connectivity index (χ3v) is 7.80. The van der Waals surface area contributed by atoms with Gasteiger partial charge in [0.2, 0.25) is 11.8 Å². The standard InChI is InChI=1S/C30H45N5O5S/c1-18-24(41-17-31-18)20-12-10-19(11-13-20)22(16-34(8)9)32-26(37)23-14-21(36)15-35(23)27(38)25(29(2,3)4)33-28(39)40-30(5,6)7/h10-13,17,21-23,25,36H,14-16H2,1-9H3,(H,32,37)(H,33,39)/t21-,22?,23+,25-/m1/s1. The van der Waals surface area contributed by atoms with Crippen molar-refractivity contribution in [3.05, 3.63) is 41.0 Å². The lowest BCUT2D eigenvalue weighted by Gasteiger charge is -2.36. The highest BCUT2D eigenvalue weighted by Crippen LogP contribution is 2.30. The number of likely N-dealkylation sites (tertiary alicyclic amines) is 1. The third kappa shape index (κ3) is 8.73. The van der Waals surface area contributed by atoms with Gasteiger partial charge in [-0.3, -0.25) is 9.59 Å². The van der Waals surface area contributed by atoms with Gasteiger partial charge in [0.15, 0.2) is 0 Å². The van der Waals surface area contributed by atoms with Gasteiger partial charge in [0.05, 0.1) is 28.2 Å². The topological polar surface area (TPSA) is 124 Å². The number of carbonyl (C=O) groups excluding carboxylic acids is 3. The Bertz CT molecular complexity index is 1220. The van der Waals surface area contributed by atoms with Crippen LogP contribution in [0, 0.1) is 12.3 Å². The lowest BCUT2D eigenvalue weighted by molar-refractivity contribution is -0.142. The van der Waals surface area contributed by atoms with E-state index in [9.17, 15) is 19.5 Å². The van der Waals surface area contributed by atoms with Crippen molar-refractivity contribution in [2.75, 3.05) is 27.2 Å². The Hall–Kier alpha value is -3.02. The number of carbonyl (C=O) groups is 3. The molecule has 0 bridgehead atoms. The molecular formula is C30H45N5O5S. The molecular weight excluding hydrogens is 542 g/mol. The summed E-state index contributed by atoms with van der Waals surface area (Å²) in [5.41, 5.74) is 3.37. The summed E-state index contributed by atoms with van der Waals surface area (Å²) >= 11 is 1.58. The molecule has 3 amide bonds. The fraction of sp³-hybridized carbons (Fsp3) is 0.600. The molecule has 0 spiro atoms. The number of nitrogens with one attached hydrogen (secondary N) is 2. The van der Waals surface area contributed by atoms with Crippen molar-refractivity contribution in [3.8, 4) is 10.4 Å². The number of amides is 3. The summed E-state index contributed by atoms with van der Waals surface area (Å²) in [6, 6.07) is 5.85. The molecule has 1 aromatic carbocycles. The lowest BCUT2D eigenvalue weighted by Crippen LogP contribution is -2.58. The van der Waals surface area contributed by atoms with Crippen molar-refractivity contribution in [1.29, 1.82) is 0 Å². The van der Waals surface area contributed by atoms with Crippen LogP contribution < -0.4 is 10.6 Å². The van der Waals surface area contributed by atoms with Crippen LogP contribution in [0.3, 0.4) is 0 Å². The molecule has 41 heavy (non-hydrogen) atoms. The predicted molar refractivity (Wildman–Crippen MR) is 160 cm³/mol. The summed E-state index contributed by atoms with van der Waals surface area (Å²) in [4.78, 5) is 48.9. The Kier molecular flexibility index (Phi) is 10.2. The molecule has 3 N–H and O–H groups in total. The van der Waals surface area contributed by atoms with Crippen LogP contribution in [0.25, 0.3) is 10.4 Å². The van der Waals surface area contributed by atoms with Crippen molar-refractivity contribution in [1.82, 2.24) is 25.4 Å². The Morgan fingerprint density at radius 2 is 1.76 bits per heavy atom. The van der Waals surface area contributed by atoms with Gasteiger partial charge in [0.25, 0.3) is 0 Å². The minimum atomic E-state index is -0.960. The van der Waals surface area contributed by atoms with Crippen LogP contribution in [-0.4, -0.2) is 88.8 Å². The number of nitrogens with zero attached hydrogens (tertiary/aromatic N) is 3. The molecule has 0 radical (unpaired) electrons. The highest BCUT2D eigenvalue weighted by molar-refractivity contribution is 7.13. The number of β-amino-alcohol motifs (C(OH)–C–C–N with tert-alkyl or cyclic N) is 1. The van der Waals surface area contributed by atoms with E-state index in [1.54, 1.807) is 32.1 Å². The molecule has 2 aromatic rings. The molecule has 0 saturated carbocycles. The second-order valence-electron chi connectivity index (χ2n) is 13.1. The molecule has 10 nitrogen and oxygen atoms in total. The molecule has 1 fully saturated rings. The number of ether oxygens (including phenoxy) is 1. The molecule has 11 heteroatoms. The molecule has 1 aliphatic heterocycles. The van der Waals surface area contributed by atoms with Crippen LogP contribution in [-0.2, 0) is 14.3 Å². The fourth-order valence-corrected chi connectivity index (χ4v) is 5.67. The smallest absolute Gasteiger partial charge is 0.408 e. The monoisotopic (exact) mass is 587 g/mol. The van der Waals surface area contributed by atoms with Crippen LogP contribution in [0.15, 0.2) is 29.8 Å². The number of alkyl carbamates (subject to hydrolysis) is 1. The van der Waals surface area contributed by atoms with E-state index in [1.807, 2.05) is 76.5 Å². The summed E-state index contributed by atoms with van der Waals surface area (Å²) in [5.74, 6) is -0.789. The molecule has 3 rings (SSSR count). The number of aliphatic hydroxyl groups excluding tert-OH is 1. The number of likely N-dealkylation sites (N-methyl/N-ethyl adjacent to an activating group) is 1. The highest BCUT2D eigenvalue weighted by atomic mass is 32.1. The average molecular weight is 588 g/mol. The van der Waals surface area contributed by atoms with Crippen molar-refractivity contribution in [3.63, 3.8) is 0 Å². The highest BCUT2D eigenvalue weighted by Gasteiger charge is 2.45. The van der Waals surface area contributed by atoms with E-state index >= 15 is 0 Å². The fourth-order valence-electron chi connectivity index (χ4n) is 4.86. The number of aromatic nitrogens is 1. The van der Waals surface area contributed by atoms with E-state index in [1.165, 1.54) is 4.90 Å². The van der Waals surface area contributed by atoms with Crippen molar-refractivity contribution < 1.29 is 24.2 Å². The maximum absolute atomic E-state index is 13.8. The maximum Gasteiger partial charge on any atom is 0.408 e. The van der Waals surface area contributed by atoms with Crippen LogP contribution in [0.1, 0.15) is 65.3 Å². The van der Waals surface area contributed by atoms with E-state index in [2.05, 4.69) is 15.6 Å². The molecule has 2 heterocycles. The van der Waals surface area contributed by atoms with Crippen LogP contribution in [0.5, 0.6) is 0 Å². The Morgan fingerprint density at radius 1 is 1.12 bits per heavy atom. The zero-order chi connectivity index (χ0) is 30.7. The molecule has 1 unspecified atom stereocenters. The van der Waals surface area contributed by atoms with Crippen molar-refractivity contribution in [2.24, 2.45) is 5.41 Å². The van der Waals surface area contributed by atoms with Gasteiger partial charge in [-0.25, -0.2) is 9.78 Å². The van der Waals surface area contributed by atoms with E-state index in [0.29, 0.717) is 6.54 Å². The maximum atomic E-state index is 13.8. The van der Waals surface area contributed by atoms with E-state index in [-0.39, 0.29) is 24.9 Å². The number of aliphatic hydroxyl groups is 1. The summed E-state index contributed by atoms with van der Waals surface area (Å²) in [6.07, 6.45) is -1.46. The van der Waals surface area contributed by atoms with E-state index < -0.39 is 41.2 Å². The third-order valence-electron chi connectivity index (χ3n) is 6.82. The zero-order valence-corrected chi connectivity index (χ0v) is 26.5. The molecule has 4 atom stereocenters. The molecule has 1 aliphatic rings.